The van der Waals surface area contributed by atoms with Gasteiger partial charge in [-0.3, -0.25) is 4.79 Å². The number of aromatic nitrogens is 1. The summed E-state index contributed by atoms with van der Waals surface area (Å²) in [7, 11) is 1.27. The molecule has 0 unspecified atom stereocenters. The lowest BCUT2D eigenvalue weighted by Gasteiger charge is -2.22. The molecule has 0 saturated heterocycles. The molecule has 102 valence electrons. The summed E-state index contributed by atoms with van der Waals surface area (Å²) < 4.78 is 4.59. The normalized spacial score (nSPS) is 10.4. The SMILES string of the molecule is COC(=O)C(C)(C)NC(=O)c1csc(CN)n1.Cl. The molecule has 0 saturated carbocycles. The van der Waals surface area contributed by atoms with Crippen molar-refractivity contribution in [1.82, 2.24) is 10.3 Å². The molecular weight excluding hydrogens is 278 g/mol. The van der Waals surface area contributed by atoms with Crippen molar-refractivity contribution in [1.29, 1.82) is 0 Å². The number of methoxy groups -OCH3 is 1. The third-order valence-corrected chi connectivity index (χ3v) is 2.95. The van der Waals surface area contributed by atoms with E-state index in [0.29, 0.717) is 11.6 Å². The number of esters is 1. The van der Waals surface area contributed by atoms with E-state index in [1.165, 1.54) is 18.4 Å². The molecule has 1 amide bonds. The summed E-state index contributed by atoms with van der Waals surface area (Å²) in [5.74, 6) is -0.934. The van der Waals surface area contributed by atoms with Crippen LogP contribution >= 0.6 is 23.7 Å². The molecule has 3 N–H and O–H groups in total. The van der Waals surface area contributed by atoms with Crippen LogP contribution in [-0.2, 0) is 16.1 Å². The maximum absolute atomic E-state index is 11.8. The van der Waals surface area contributed by atoms with Crippen molar-refractivity contribution < 1.29 is 14.3 Å². The summed E-state index contributed by atoms with van der Waals surface area (Å²) in [6.45, 7) is 3.41. The fourth-order valence-electron chi connectivity index (χ4n) is 1.16. The minimum absolute atomic E-state index is 0. The zero-order valence-electron chi connectivity index (χ0n) is 10.4. The summed E-state index contributed by atoms with van der Waals surface area (Å²) >= 11 is 1.30. The van der Waals surface area contributed by atoms with Crippen LogP contribution in [0.2, 0.25) is 0 Å². The molecule has 0 aliphatic rings. The van der Waals surface area contributed by atoms with Gasteiger partial charge in [-0.15, -0.1) is 23.7 Å². The molecule has 6 nitrogen and oxygen atoms in total. The molecule has 1 aromatic rings. The van der Waals surface area contributed by atoms with Gasteiger partial charge >= 0.3 is 5.97 Å². The van der Waals surface area contributed by atoms with Gasteiger partial charge < -0.3 is 15.8 Å². The van der Waals surface area contributed by atoms with Gasteiger partial charge in [-0.2, -0.15) is 0 Å². The number of rotatable bonds is 4. The molecular formula is C10H16ClN3O3S. The van der Waals surface area contributed by atoms with Gasteiger partial charge in [0.05, 0.1) is 7.11 Å². The molecule has 0 fully saturated rings. The van der Waals surface area contributed by atoms with Crippen molar-refractivity contribution >= 4 is 35.6 Å². The van der Waals surface area contributed by atoms with Gasteiger partial charge in [0.25, 0.3) is 5.91 Å². The molecule has 0 aliphatic carbocycles. The highest BCUT2D eigenvalue weighted by atomic mass is 35.5. The average molecular weight is 294 g/mol. The largest absolute Gasteiger partial charge is 0.467 e. The Hall–Kier alpha value is -1.18. The highest BCUT2D eigenvalue weighted by Crippen LogP contribution is 2.11. The number of nitrogens with two attached hydrogens (primary N) is 1. The number of hydrogen-bond acceptors (Lipinski definition) is 6. The Morgan fingerprint density at radius 1 is 1.56 bits per heavy atom. The summed E-state index contributed by atoms with van der Waals surface area (Å²) in [6, 6.07) is 0. The highest BCUT2D eigenvalue weighted by Gasteiger charge is 2.31. The van der Waals surface area contributed by atoms with Crippen LogP contribution in [0.4, 0.5) is 0 Å². The number of nitrogens with one attached hydrogen (secondary N) is 1. The second-order valence-corrected chi connectivity index (χ2v) is 4.84. The van der Waals surface area contributed by atoms with Gasteiger partial charge in [0.15, 0.2) is 0 Å². The second-order valence-electron chi connectivity index (χ2n) is 3.90. The number of carbonyl (C=O) groups excluding carboxylic acids is 2. The lowest BCUT2D eigenvalue weighted by atomic mass is 10.1. The Labute approximate surface area is 115 Å². The summed E-state index contributed by atoms with van der Waals surface area (Å²) in [5, 5.41) is 4.82. The first kappa shape index (κ1) is 16.8. The van der Waals surface area contributed by atoms with E-state index in [2.05, 4.69) is 15.0 Å². The van der Waals surface area contributed by atoms with E-state index in [1.807, 2.05) is 0 Å². The van der Waals surface area contributed by atoms with Crippen LogP contribution in [0.15, 0.2) is 5.38 Å². The third kappa shape index (κ3) is 3.94. The topological polar surface area (TPSA) is 94.3 Å². The quantitative estimate of drug-likeness (QED) is 0.797. The highest BCUT2D eigenvalue weighted by molar-refractivity contribution is 7.09. The maximum Gasteiger partial charge on any atom is 0.330 e. The zero-order chi connectivity index (χ0) is 13.1. The first-order valence-corrected chi connectivity index (χ1v) is 5.84. The number of carbonyl (C=O) groups is 2. The molecule has 0 spiro atoms. The maximum atomic E-state index is 11.8. The molecule has 8 heteroatoms. The smallest absolute Gasteiger partial charge is 0.330 e. The Bertz CT molecular complexity index is 434. The van der Waals surface area contributed by atoms with Crippen LogP contribution in [0, 0.1) is 0 Å². The van der Waals surface area contributed by atoms with Gasteiger partial charge in [-0.25, -0.2) is 9.78 Å². The molecule has 1 heterocycles. The predicted octanol–water partition coefficient (Wildman–Crippen LogP) is 0.705. The summed E-state index contributed by atoms with van der Waals surface area (Å²) in [4.78, 5) is 27.2. The van der Waals surface area contributed by atoms with Crippen molar-refractivity contribution in [3.63, 3.8) is 0 Å². The molecule has 18 heavy (non-hydrogen) atoms. The van der Waals surface area contributed by atoms with Crippen molar-refractivity contribution in [3.8, 4) is 0 Å². The van der Waals surface area contributed by atoms with E-state index < -0.39 is 17.4 Å². The molecule has 0 atom stereocenters. The van der Waals surface area contributed by atoms with Crippen LogP contribution in [0.5, 0.6) is 0 Å². The minimum atomic E-state index is -1.08. The lowest BCUT2D eigenvalue weighted by Crippen LogP contribution is -2.50. The first-order valence-electron chi connectivity index (χ1n) is 4.96. The number of thiazole rings is 1. The predicted molar refractivity (Wildman–Crippen MR) is 70.8 cm³/mol. The van der Waals surface area contributed by atoms with E-state index in [1.54, 1.807) is 19.2 Å². The average Bonchev–Trinajstić information content (AvgIpc) is 2.75. The van der Waals surface area contributed by atoms with Crippen molar-refractivity contribution in [2.75, 3.05) is 7.11 Å². The fraction of sp³-hybridized carbons (Fsp3) is 0.500. The number of amides is 1. The zero-order valence-corrected chi connectivity index (χ0v) is 12.0. The lowest BCUT2D eigenvalue weighted by molar-refractivity contribution is -0.146. The molecule has 1 aromatic heterocycles. The van der Waals surface area contributed by atoms with Crippen molar-refractivity contribution in [3.05, 3.63) is 16.1 Å². The Morgan fingerprint density at radius 2 is 2.17 bits per heavy atom. The van der Waals surface area contributed by atoms with Gasteiger partial charge in [-0.1, -0.05) is 0 Å². The summed E-state index contributed by atoms with van der Waals surface area (Å²) in [6.07, 6.45) is 0. The monoisotopic (exact) mass is 293 g/mol. The van der Waals surface area contributed by atoms with E-state index in [4.69, 9.17) is 5.73 Å². The number of halogens is 1. The minimum Gasteiger partial charge on any atom is -0.467 e. The Morgan fingerprint density at radius 3 is 2.61 bits per heavy atom. The van der Waals surface area contributed by atoms with Gasteiger partial charge in [0.2, 0.25) is 0 Å². The number of hydrogen-bond donors (Lipinski definition) is 2. The van der Waals surface area contributed by atoms with E-state index in [-0.39, 0.29) is 18.1 Å². The van der Waals surface area contributed by atoms with Crippen LogP contribution in [-0.4, -0.2) is 29.5 Å². The fourth-order valence-corrected chi connectivity index (χ4v) is 1.82. The van der Waals surface area contributed by atoms with E-state index in [9.17, 15) is 9.59 Å². The molecule has 0 aromatic carbocycles. The van der Waals surface area contributed by atoms with Gasteiger partial charge in [-0.05, 0) is 13.8 Å². The van der Waals surface area contributed by atoms with Crippen LogP contribution in [0.1, 0.15) is 29.3 Å². The molecule has 0 radical (unpaired) electrons. The Kier molecular flexibility index (Phi) is 6.23. The molecule has 0 aliphatic heterocycles. The molecule has 1 rings (SSSR count). The van der Waals surface area contributed by atoms with E-state index in [0.717, 1.165) is 0 Å². The van der Waals surface area contributed by atoms with Crippen LogP contribution < -0.4 is 11.1 Å². The van der Waals surface area contributed by atoms with Gasteiger partial charge in [0, 0.05) is 11.9 Å². The van der Waals surface area contributed by atoms with Crippen LogP contribution in [0.25, 0.3) is 0 Å². The number of ether oxygens (including phenoxy) is 1. The first-order chi connectivity index (χ1) is 7.90. The van der Waals surface area contributed by atoms with Gasteiger partial charge in [0.1, 0.15) is 16.2 Å². The molecule has 0 bridgehead atoms. The second kappa shape index (κ2) is 6.67. The number of nitrogens with zero attached hydrogens (tertiary/aromatic N) is 1. The Balaban J connectivity index is 0.00000289. The van der Waals surface area contributed by atoms with Crippen LogP contribution in [0.3, 0.4) is 0 Å². The third-order valence-electron chi connectivity index (χ3n) is 2.08. The standard InChI is InChI=1S/C10H15N3O3S.ClH/c1-10(2,9(15)16-3)13-8(14)6-5-17-7(4-11)12-6;/h5H,4,11H2,1-3H3,(H,13,14);1H. The van der Waals surface area contributed by atoms with E-state index >= 15 is 0 Å². The summed E-state index contributed by atoms with van der Waals surface area (Å²) in [5.41, 5.74) is 4.57. The van der Waals surface area contributed by atoms with Crippen molar-refractivity contribution in [2.24, 2.45) is 5.73 Å². The van der Waals surface area contributed by atoms with Crippen molar-refractivity contribution in [2.45, 2.75) is 25.9 Å².